The number of ether oxygens (including phenoxy) is 2. The van der Waals surface area contributed by atoms with Crippen molar-refractivity contribution in [1.29, 1.82) is 0 Å². The molecule has 0 saturated carbocycles. The van der Waals surface area contributed by atoms with E-state index in [4.69, 9.17) is 21.1 Å². The van der Waals surface area contributed by atoms with Gasteiger partial charge in [0, 0.05) is 11.3 Å². The number of aryl methyl sites for hydroxylation is 1. The summed E-state index contributed by atoms with van der Waals surface area (Å²) in [7, 11) is 1.51. The van der Waals surface area contributed by atoms with E-state index in [1.165, 1.54) is 13.2 Å². The van der Waals surface area contributed by atoms with E-state index in [1.54, 1.807) is 37.3 Å². The Balaban J connectivity index is 2.23. The first-order chi connectivity index (χ1) is 11.5. The number of amides is 1. The second kappa shape index (κ2) is 7.84. The van der Waals surface area contributed by atoms with Crippen LogP contribution in [0.4, 0.5) is 5.69 Å². The number of rotatable bonds is 5. The first-order valence-electron chi connectivity index (χ1n) is 7.39. The summed E-state index contributed by atoms with van der Waals surface area (Å²) in [5, 5.41) is 3.13. The van der Waals surface area contributed by atoms with Crippen molar-refractivity contribution in [2.75, 3.05) is 19.0 Å². The quantitative estimate of drug-likeness (QED) is 0.827. The molecule has 6 heteroatoms. The van der Waals surface area contributed by atoms with Crippen LogP contribution in [0.1, 0.15) is 33.2 Å². The number of anilines is 1. The highest BCUT2D eigenvalue weighted by Gasteiger charge is 2.13. The van der Waals surface area contributed by atoms with Gasteiger partial charge < -0.3 is 14.8 Å². The van der Waals surface area contributed by atoms with E-state index in [1.807, 2.05) is 6.92 Å². The van der Waals surface area contributed by atoms with E-state index < -0.39 is 5.97 Å². The average Bonchev–Trinajstić information content (AvgIpc) is 2.56. The molecule has 126 valence electrons. The van der Waals surface area contributed by atoms with E-state index in [9.17, 15) is 9.59 Å². The van der Waals surface area contributed by atoms with Crippen LogP contribution >= 0.6 is 11.6 Å². The molecule has 0 aliphatic heterocycles. The Kier molecular flexibility index (Phi) is 5.82. The van der Waals surface area contributed by atoms with Gasteiger partial charge in [-0.05, 0) is 49.7 Å². The summed E-state index contributed by atoms with van der Waals surface area (Å²) in [5.41, 5.74) is 2.14. The van der Waals surface area contributed by atoms with Crippen molar-refractivity contribution in [2.45, 2.75) is 13.8 Å². The Labute approximate surface area is 145 Å². The van der Waals surface area contributed by atoms with E-state index in [0.717, 1.165) is 5.56 Å². The van der Waals surface area contributed by atoms with Crippen LogP contribution in [0.2, 0.25) is 5.02 Å². The van der Waals surface area contributed by atoms with Crippen molar-refractivity contribution in [1.82, 2.24) is 0 Å². The van der Waals surface area contributed by atoms with Gasteiger partial charge in [-0.25, -0.2) is 4.79 Å². The Morgan fingerprint density at radius 3 is 2.46 bits per heavy atom. The molecule has 1 N–H and O–H groups in total. The van der Waals surface area contributed by atoms with Gasteiger partial charge in [-0.2, -0.15) is 0 Å². The second-order valence-corrected chi connectivity index (χ2v) is 5.46. The third kappa shape index (κ3) is 4.06. The average molecular weight is 348 g/mol. The summed E-state index contributed by atoms with van der Waals surface area (Å²) in [6, 6.07) is 9.77. The first-order valence-corrected chi connectivity index (χ1v) is 7.76. The van der Waals surface area contributed by atoms with Crippen molar-refractivity contribution >= 4 is 29.2 Å². The van der Waals surface area contributed by atoms with E-state index in [2.05, 4.69) is 5.32 Å². The number of esters is 1. The van der Waals surface area contributed by atoms with Crippen molar-refractivity contribution < 1.29 is 19.1 Å². The Bertz CT molecular complexity index is 774. The Hall–Kier alpha value is -2.53. The van der Waals surface area contributed by atoms with Crippen LogP contribution in [-0.4, -0.2) is 25.6 Å². The molecule has 2 aromatic carbocycles. The molecule has 1 amide bonds. The molecule has 0 bridgehead atoms. The van der Waals surface area contributed by atoms with Crippen molar-refractivity contribution in [3.63, 3.8) is 0 Å². The maximum absolute atomic E-state index is 12.4. The molecular weight excluding hydrogens is 330 g/mol. The van der Waals surface area contributed by atoms with Gasteiger partial charge >= 0.3 is 5.97 Å². The molecule has 0 aliphatic rings. The minimum absolute atomic E-state index is 0.290. The second-order valence-electron chi connectivity index (χ2n) is 5.05. The number of hydrogen-bond donors (Lipinski definition) is 1. The van der Waals surface area contributed by atoms with Gasteiger partial charge in [0.2, 0.25) is 0 Å². The lowest BCUT2D eigenvalue weighted by molar-refractivity contribution is 0.0526. The lowest BCUT2D eigenvalue weighted by Gasteiger charge is -2.11. The maximum Gasteiger partial charge on any atom is 0.338 e. The fourth-order valence-electron chi connectivity index (χ4n) is 2.10. The highest BCUT2D eigenvalue weighted by molar-refractivity contribution is 6.32. The van der Waals surface area contributed by atoms with Gasteiger partial charge in [-0.15, -0.1) is 0 Å². The van der Waals surface area contributed by atoms with Gasteiger partial charge in [0.15, 0.2) is 0 Å². The summed E-state index contributed by atoms with van der Waals surface area (Å²) in [6.07, 6.45) is 0. The number of halogens is 1. The largest absolute Gasteiger partial charge is 0.495 e. The zero-order chi connectivity index (χ0) is 17.7. The molecule has 0 fully saturated rings. The fourth-order valence-corrected chi connectivity index (χ4v) is 2.36. The van der Waals surface area contributed by atoms with Gasteiger partial charge in [-0.3, -0.25) is 4.79 Å². The van der Waals surface area contributed by atoms with Gasteiger partial charge in [0.25, 0.3) is 5.91 Å². The number of nitrogens with one attached hydrogen (secondary N) is 1. The standard InChI is InChI=1S/C18H18ClNO4/c1-4-24-18(22)13-6-5-11(2)15(10-13)20-17(21)12-7-8-16(23-3)14(19)9-12/h5-10H,4H2,1-3H3,(H,20,21). The molecule has 0 heterocycles. The van der Waals surface area contributed by atoms with Crippen molar-refractivity contribution in [3.8, 4) is 5.75 Å². The number of carbonyl (C=O) groups excluding carboxylic acids is 2. The topological polar surface area (TPSA) is 64.6 Å². The predicted molar refractivity (Wildman–Crippen MR) is 93.1 cm³/mol. The molecule has 0 aliphatic carbocycles. The highest BCUT2D eigenvalue weighted by Crippen LogP contribution is 2.26. The van der Waals surface area contributed by atoms with Crippen molar-refractivity contribution in [3.05, 3.63) is 58.1 Å². The van der Waals surface area contributed by atoms with E-state index in [0.29, 0.717) is 34.2 Å². The lowest BCUT2D eigenvalue weighted by Crippen LogP contribution is -2.14. The van der Waals surface area contributed by atoms with Crippen LogP contribution in [0.15, 0.2) is 36.4 Å². The molecule has 0 saturated heterocycles. The number of carbonyl (C=O) groups is 2. The smallest absolute Gasteiger partial charge is 0.338 e. The number of benzene rings is 2. The third-order valence-corrected chi connectivity index (χ3v) is 3.71. The Morgan fingerprint density at radius 1 is 1.12 bits per heavy atom. The number of methoxy groups -OCH3 is 1. The molecular formula is C18H18ClNO4. The number of hydrogen-bond acceptors (Lipinski definition) is 4. The first kappa shape index (κ1) is 17.8. The molecule has 0 radical (unpaired) electrons. The highest BCUT2D eigenvalue weighted by atomic mass is 35.5. The minimum atomic E-state index is -0.430. The molecule has 2 rings (SSSR count). The molecule has 5 nitrogen and oxygen atoms in total. The predicted octanol–water partition coefficient (Wildman–Crippen LogP) is 4.09. The summed E-state index contributed by atoms with van der Waals surface area (Å²) >= 11 is 6.04. The minimum Gasteiger partial charge on any atom is -0.495 e. The summed E-state index contributed by atoms with van der Waals surface area (Å²) in [6.45, 7) is 3.87. The summed E-state index contributed by atoms with van der Waals surface area (Å²) in [4.78, 5) is 24.2. The molecule has 2 aromatic rings. The van der Waals surface area contributed by atoms with Crippen LogP contribution in [0.5, 0.6) is 5.75 Å². The van der Waals surface area contributed by atoms with E-state index in [-0.39, 0.29) is 5.91 Å². The normalized spacial score (nSPS) is 10.2. The summed E-state index contributed by atoms with van der Waals surface area (Å²) in [5.74, 6) is -0.266. The SMILES string of the molecule is CCOC(=O)c1ccc(C)c(NC(=O)c2ccc(OC)c(Cl)c2)c1. The molecule has 0 unspecified atom stereocenters. The van der Waals surface area contributed by atoms with Crippen molar-refractivity contribution in [2.24, 2.45) is 0 Å². The Morgan fingerprint density at radius 2 is 1.83 bits per heavy atom. The van der Waals surface area contributed by atoms with Crippen LogP contribution in [0.25, 0.3) is 0 Å². The molecule has 0 spiro atoms. The van der Waals surface area contributed by atoms with Gasteiger partial charge in [-0.1, -0.05) is 17.7 Å². The summed E-state index contributed by atoms with van der Waals surface area (Å²) < 4.78 is 10.0. The third-order valence-electron chi connectivity index (χ3n) is 3.41. The zero-order valence-corrected chi connectivity index (χ0v) is 14.4. The lowest BCUT2D eigenvalue weighted by atomic mass is 10.1. The van der Waals surface area contributed by atoms with Crippen LogP contribution < -0.4 is 10.1 Å². The molecule has 0 atom stereocenters. The van der Waals surface area contributed by atoms with Crippen LogP contribution in [0, 0.1) is 6.92 Å². The van der Waals surface area contributed by atoms with E-state index >= 15 is 0 Å². The van der Waals surface area contributed by atoms with Crippen LogP contribution in [-0.2, 0) is 4.74 Å². The monoisotopic (exact) mass is 347 g/mol. The maximum atomic E-state index is 12.4. The van der Waals surface area contributed by atoms with Gasteiger partial charge in [0.1, 0.15) is 5.75 Å². The molecule has 24 heavy (non-hydrogen) atoms. The zero-order valence-electron chi connectivity index (χ0n) is 13.7. The molecule has 0 aromatic heterocycles. The van der Waals surface area contributed by atoms with Gasteiger partial charge in [0.05, 0.1) is 24.3 Å². The fraction of sp³-hybridized carbons (Fsp3) is 0.222. The van der Waals surface area contributed by atoms with Crippen LogP contribution in [0.3, 0.4) is 0 Å².